The van der Waals surface area contributed by atoms with Crippen molar-refractivity contribution in [2.24, 2.45) is 23.5 Å². The van der Waals surface area contributed by atoms with E-state index < -0.39 is 0 Å². The summed E-state index contributed by atoms with van der Waals surface area (Å²) in [6, 6.07) is 8.90. The average Bonchev–Trinajstić information content (AvgIpc) is 3.13. The number of amides is 1. The van der Waals surface area contributed by atoms with Gasteiger partial charge in [-0.25, -0.2) is 0 Å². The molecule has 0 aromatic heterocycles. The Morgan fingerprint density at radius 2 is 1.61 bits per heavy atom. The highest BCUT2D eigenvalue weighted by atomic mass is 35.5. The van der Waals surface area contributed by atoms with Gasteiger partial charge in [-0.2, -0.15) is 0 Å². The maximum absolute atomic E-state index is 12.8. The van der Waals surface area contributed by atoms with Crippen LogP contribution in [0.3, 0.4) is 0 Å². The lowest BCUT2D eigenvalue weighted by Crippen LogP contribution is -2.49. The molecule has 0 spiro atoms. The number of hydrogen-bond donors (Lipinski definition) is 2. The van der Waals surface area contributed by atoms with E-state index in [2.05, 4.69) is 34.5 Å². The van der Waals surface area contributed by atoms with E-state index in [0.29, 0.717) is 24.4 Å². The lowest BCUT2D eigenvalue weighted by atomic mass is 9.65. The molecule has 1 saturated heterocycles. The van der Waals surface area contributed by atoms with Gasteiger partial charge in [0.05, 0.1) is 0 Å². The van der Waals surface area contributed by atoms with Crippen LogP contribution in [0, 0.1) is 17.8 Å². The van der Waals surface area contributed by atoms with Crippen LogP contribution in [-0.2, 0) is 17.9 Å². The SMILES string of the molecule is Cl.Cl.NC1C2CCCC1CC(C(=O)NCc1ccccc1CN1CCCC1)C2. The van der Waals surface area contributed by atoms with Crippen LogP contribution >= 0.6 is 24.8 Å². The number of hydrogen-bond acceptors (Lipinski definition) is 3. The Labute approximate surface area is 181 Å². The zero-order valence-electron chi connectivity index (χ0n) is 16.6. The van der Waals surface area contributed by atoms with E-state index >= 15 is 0 Å². The van der Waals surface area contributed by atoms with E-state index in [1.807, 2.05) is 0 Å². The van der Waals surface area contributed by atoms with Gasteiger partial charge in [0.15, 0.2) is 0 Å². The summed E-state index contributed by atoms with van der Waals surface area (Å²) in [6.45, 7) is 4.06. The largest absolute Gasteiger partial charge is 0.352 e. The van der Waals surface area contributed by atoms with Gasteiger partial charge in [-0.05, 0) is 74.6 Å². The maximum atomic E-state index is 12.8. The molecule has 2 atom stereocenters. The molecule has 0 radical (unpaired) electrons. The number of likely N-dealkylation sites (tertiary alicyclic amines) is 1. The minimum atomic E-state index is 0. The van der Waals surface area contributed by atoms with E-state index in [-0.39, 0.29) is 36.6 Å². The standard InChI is InChI=1S/C22H33N3O.2ClH/c23-21-16-8-5-9-17(21)13-20(12-16)22(26)24-14-18-6-1-2-7-19(18)15-25-10-3-4-11-25;;/h1-2,6-7,16-17,20-21H,3-5,8-15,23H2,(H,24,26);2*1H. The first-order valence-electron chi connectivity index (χ1n) is 10.5. The molecular weight excluding hydrogens is 393 g/mol. The molecule has 2 bridgehead atoms. The Kier molecular flexibility index (Phi) is 9.07. The number of nitrogens with zero attached hydrogens (tertiary/aromatic N) is 1. The molecule has 6 heteroatoms. The molecule has 3 N–H and O–H groups in total. The van der Waals surface area contributed by atoms with Crippen molar-refractivity contribution in [1.29, 1.82) is 0 Å². The average molecular weight is 428 g/mol. The number of nitrogens with one attached hydrogen (secondary N) is 1. The van der Waals surface area contributed by atoms with Crippen LogP contribution in [0.1, 0.15) is 56.1 Å². The van der Waals surface area contributed by atoms with E-state index in [0.717, 1.165) is 19.4 Å². The van der Waals surface area contributed by atoms with Gasteiger partial charge in [-0.1, -0.05) is 30.7 Å². The summed E-state index contributed by atoms with van der Waals surface area (Å²) in [5, 5.41) is 3.24. The zero-order valence-corrected chi connectivity index (χ0v) is 18.3. The lowest BCUT2D eigenvalue weighted by Gasteiger charge is -2.43. The number of fused-ring (bicyclic) bond motifs is 2. The van der Waals surface area contributed by atoms with Crippen LogP contribution in [0.4, 0.5) is 0 Å². The summed E-state index contributed by atoms with van der Waals surface area (Å²) < 4.78 is 0. The third-order valence-electron chi connectivity index (χ3n) is 6.95. The third kappa shape index (κ3) is 5.41. The molecule has 158 valence electrons. The van der Waals surface area contributed by atoms with Crippen molar-refractivity contribution in [3.8, 4) is 0 Å². The van der Waals surface area contributed by atoms with Crippen molar-refractivity contribution in [1.82, 2.24) is 10.2 Å². The molecule has 3 fully saturated rings. The van der Waals surface area contributed by atoms with Crippen LogP contribution in [0.5, 0.6) is 0 Å². The minimum Gasteiger partial charge on any atom is -0.352 e. The van der Waals surface area contributed by atoms with Gasteiger partial charge in [0.1, 0.15) is 0 Å². The Hall–Kier alpha value is -0.810. The van der Waals surface area contributed by atoms with Crippen molar-refractivity contribution >= 4 is 30.7 Å². The normalized spacial score (nSPS) is 29.5. The predicted molar refractivity (Wildman–Crippen MR) is 119 cm³/mol. The zero-order chi connectivity index (χ0) is 17.9. The monoisotopic (exact) mass is 427 g/mol. The first-order valence-corrected chi connectivity index (χ1v) is 10.5. The van der Waals surface area contributed by atoms with E-state index in [1.165, 1.54) is 56.3 Å². The molecule has 4 rings (SSSR count). The highest BCUT2D eigenvalue weighted by Crippen LogP contribution is 2.41. The van der Waals surface area contributed by atoms with Crippen molar-refractivity contribution in [3.63, 3.8) is 0 Å². The second-order valence-electron chi connectivity index (χ2n) is 8.67. The van der Waals surface area contributed by atoms with Gasteiger partial charge in [-0.3, -0.25) is 9.69 Å². The highest BCUT2D eigenvalue weighted by Gasteiger charge is 2.40. The quantitative estimate of drug-likeness (QED) is 0.748. The fourth-order valence-electron chi connectivity index (χ4n) is 5.40. The minimum absolute atomic E-state index is 0. The molecule has 1 aromatic rings. The van der Waals surface area contributed by atoms with Crippen molar-refractivity contribution < 1.29 is 4.79 Å². The number of carbonyl (C=O) groups is 1. The molecule has 2 unspecified atom stereocenters. The first kappa shape index (κ1) is 23.5. The van der Waals surface area contributed by atoms with Crippen LogP contribution in [0.2, 0.25) is 0 Å². The molecule has 2 saturated carbocycles. The third-order valence-corrected chi connectivity index (χ3v) is 6.95. The highest BCUT2D eigenvalue weighted by molar-refractivity contribution is 5.85. The number of rotatable bonds is 5. The number of nitrogens with two attached hydrogens (primary N) is 1. The summed E-state index contributed by atoms with van der Waals surface area (Å²) in [7, 11) is 0. The van der Waals surface area contributed by atoms with Gasteiger partial charge in [0, 0.05) is 25.0 Å². The molecule has 2 aliphatic carbocycles. The number of halogens is 2. The van der Waals surface area contributed by atoms with Gasteiger partial charge in [0.2, 0.25) is 5.91 Å². The van der Waals surface area contributed by atoms with Gasteiger partial charge in [-0.15, -0.1) is 24.8 Å². The Morgan fingerprint density at radius 1 is 1.00 bits per heavy atom. The molecule has 1 aliphatic heterocycles. The summed E-state index contributed by atoms with van der Waals surface area (Å²) >= 11 is 0. The Bertz CT molecular complexity index is 622. The van der Waals surface area contributed by atoms with Crippen LogP contribution in [-0.4, -0.2) is 29.9 Å². The second-order valence-corrected chi connectivity index (χ2v) is 8.67. The van der Waals surface area contributed by atoms with Gasteiger partial charge < -0.3 is 11.1 Å². The first-order chi connectivity index (χ1) is 12.7. The van der Waals surface area contributed by atoms with Crippen molar-refractivity contribution in [2.45, 2.75) is 64.1 Å². The molecule has 3 aliphatic rings. The number of carbonyl (C=O) groups excluding carboxylic acids is 1. The molecule has 1 amide bonds. The topological polar surface area (TPSA) is 58.4 Å². The molecule has 28 heavy (non-hydrogen) atoms. The maximum Gasteiger partial charge on any atom is 0.223 e. The fourth-order valence-corrected chi connectivity index (χ4v) is 5.40. The van der Waals surface area contributed by atoms with Gasteiger partial charge >= 0.3 is 0 Å². The predicted octanol–water partition coefficient (Wildman–Crippen LogP) is 3.90. The van der Waals surface area contributed by atoms with E-state index in [9.17, 15) is 4.79 Å². The van der Waals surface area contributed by atoms with E-state index in [1.54, 1.807) is 0 Å². The summed E-state index contributed by atoms with van der Waals surface area (Å²) in [5.41, 5.74) is 9.00. The summed E-state index contributed by atoms with van der Waals surface area (Å²) in [4.78, 5) is 15.3. The van der Waals surface area contributed by atoms with Crippen molar-refractivity contribution in [3.05, 3.63) is 35.4 Å². The van der Waals surface area contributed by atoms with Gasteiger partial charge in [0.25, 0.3) is 0 Å². The number of benzene rings is 1. The molecule has 4 nitrogen and oxygen atoms in total. The smallest absolute Gasteiger partial charge is 0.223 e. The van der Waals surface area contributed by atoms with Crippen molar-refractivity contribution in [2.75, 3.05) is 13.1 Å². The van der Waals surface area contributed by atoms with Crippen LogP contribution < -0.4 is 11.1 Å². The van der Waals surface area contributed by atoms with Crippen LogP contribution in [0.15, 0.2) is 24.3 Å². The molecule has 1 aromatic carbocycles. The molecule has 1 heterocycles. The lowest BCUT2D eigenvalue weighted by molar-refractivity contribution is -0.128. The Balaban J connectivity index is 0.00000140. The second kappa shape index (κ2) is 10.8. The van der Waals surface area contributed by atoms with Crippen LogP contribution in [0.25, 0.3) is 0 Å². The molecular formula is C22H35Cl2N3O. The summed E-state index contributed by atoms with van der Waals surface area (Å²) in [5.74, 6) is 1.52. The Morgan fingerprint density at radius 3 is 2.25 bits per heavy atom. The van der Waals surface area contributed by atoms with E-state index in [4.69, 9.17) is 5.73 Å². The summed E-state index contributed by atoms with van der Waals surface area (Å²) in [6.07, 6.45) is 8.30. The fraction of sp³-hybridized carbons (Fsp3) is 0.682.